The van der Waals surface area contributed by atoms with E-state index >= 15 is 0 Å². The molecule has 27 heavy (non-hydrogen) atoms. The van der Waals surface area contributed by atoms with Crippen LogP contribution < -0.4 is 10.1 Å². The molecule has 0 radical (unpaired) electrons. The molecule has 7 heteroatoms. The Labute approximate surface area is 153 Å². The van der Waals surface area contributed by atoms with Crippen LogP contribution in [0.1, 0.15) is 5.69 Å². The molecule has 2 aromatic heterocycles. The SMILES string of the molecule is O=C(Cc1noc2ccccc12)Nc1ccc(Oc2ccc(F)cc2)nc1. The first kappa shape index (κ1) is 16.7. The average molecular weight is 363 g/mol. The number of rotatable bonds is 5. The molecule has 4 aromatic rings. The Bertz CT molecular complexity index is 1080. The molecule has 134 valence electrons. The fourth-order valence-corrected chi connectivity index (χ4v) is 2.56. The molecule has 0 saturated carbocycles. The van der Waals surface area contributed by atoms with Crippen LogP contribution in [0.4, 0.5) is 10.1 Å². The zero-order valence-corrected chi connectivity index (χ0v) is 14.1. The first-order valence-electron chi connectivity index (χ1n) is 8.20. The lowest BCUT2D eigenvalue weighted by Crippen LogP contribution is -2.14. The van der Waals surface area contributed by atoms with E-state index in [4.69, 9.17) is 9.26 Å². The molecule has 0 aliphatic carbocycles. The van der Waals surface area contributed by atoms with E-state index in [0.29, 0.717) is 28.6 Å². The standard InChI is InChI=1S/C20H14FN3O3/c21-13-5-8-15(9-6-13)26-20-10-7-14(12-22-20)23-19(25)11-17-16-3-1-2-4-18(16)27-24-17/h1-10,12H,11H2,(H,23,25). The van der Waals surface area contributed by atoms with Gasteiger partial charge in [-0.05, 0) is 42.5 Å². The van der Waals surface area contributed by atoms with Crippen LogP contribution in [0, 0.1) is 5.82 Å². The molecule has 2 heterocycles. The lowest BCUT2D eigenvalue weighted by Gasteiger charge is -2.07. The Morgan fingerprint density at radius 2 is 1.89 bits per heavy atom. The highest BCUT2D eigenvalue weighted by atomic mass is 19.1. The number of para-hydroxylation sites is 1. The number of pyridine rings is 1. The smallest absolute Gasteiger partial charge is 0.230 e. The number of fused-ring (bicyclic) bond motifs is 1. The lowest BCUT2D eigenvalue weighted by molar-refractivity contribution is -0.115. The summed E-state index contributed by atoms with van der Waals surface area (Å²) in [7, 11) is 0. The molecule has 0 atom stereocenters. The van der Waals surface area contributed by atoms with Crippen LogP contribution in [0.15, 0.2) is 71.4 Å². The first-order chi connectivity index (χ1) is 13.2. The molecule has 2 aromatic carbocycles. The highest BCUT2D eigenvalue weighted by molar-refractivity contribution is 5.94. The Kier molecular flexibility index (Phi) is 4.49. The van der Waals surface area contributed by atoms with Crippen molar-refractivity contribution < 1.29 is 18.4 Å². The van der Waals surface area contributed by atoms with Crippen molar-refractivity contribution in [3.8, 4) is 11.6 Å². The van der Waals surface area contributed by atoms with Crippen LogP contribution in [0.5, 0.6) is 11.6 Å². The van der Waals surface area contributed by atoms with Gasteiger partial charge in [0.1, 0.15) is 17.3 Å². The molecular formula is C20H14FN3O3. The second-order valence-corrected chi connectivity index (χ2v) is 5.79. The Morgan fingerprint density at radius 3 is 2.67 bits per heavy atom. The minimum absolute atomic E-state index is 0.0881. The molecule has 0 unspecified atom stereocenters. The molecule has 0 spiro atoms. The minimum Gasteiger partial charge on any atom is -0.439 e. The summed E-state index contributed by atoms with van der Waals surface area (Å²) in [5.41, 5.74) is 1.75. The first-order valence-corrected chi connectivity index (χ1v) is 8.20. The van der Waals surface area contributed by atoms with Crippen molar-refractivity contribution in [3.63, 3.8) is 0 Å². The summed E-state index contributed by atoms with van der Waals surface area (Å²) in [6, 6.07) is 16.3. The Balaban J connectivity index is 1.39. The monoisotopic (exact) mass is 363 g/mol. The van der Waals surface area contributed by atoms with Crippen molar-refractivity contribution in [1.29, 1.82) is 0 Å². The third-order valence-corrected chi connectivity index (χ3v) is 3.84. The van der Waals surface area contributed by atoms with Crippen LogP contribution in [0.25, 0.3) is 11.0 Å². The molecular weight excluding hydrogens is 349 g/mol. The summed E-state index contributed by atoms with van der Waals surface area (Å²) >= 11 is 0. The molecule has 0 aliphatic heterocycles. The van der Waals surface area contributed by atoms with E-state index in [2.05, 4.69) is 15.5 Å². The van der Waals surface area contributed by atoms with Crippen LogP contribution in [0.2, 0.25) is 0 Å². The Morgan fingerprint density at radius 1 is 1.07 bits per heavy atom. The van der Waals surface area contributed by atoms with Crippen molar-refractivity contribution in [1.82, 2.24) is 10.1 Å². The second kappa shape index (κ2) is 7.25. The molecule has 0 saturated heterocycles. The third kappa shape index (κ3) is 3.92. The molecule has 1 N–H and O–H groups in total. The highest BCUT2D eigenvalue weighted by Crippen LogP contribution is 2.21. The van der Waals surface area contributed by atoms with Gasteiger partial charge in [-0.25, -0.2) is 9.37 Å². The van der Waals surface area contributed by atoms with E-state index in [1.165, 1.54) is 30.5 Å². The number of halogens is 1. The highest BCUT2D eigenvalue weighted by Gasteiger charge is 2.12. The van der Waals surface area contributed by atoms with Crippen molar-refractivity contribution in [2.45, 2.75) is 6.42 Å². The summed E-state index contributed by atoms with van der Waals surface area (Å²) in [4.78, 5) is 16.4. The summed E-state index contributed by atoms with van der Waals surface area (Å²) in [5.74, 6) is 0.233. The molecule has 1 amide bonds. The van der Waals surface area contributed by atoms with E-state index in [9.17, 15) is 9.18 Å². The number of amides is 1. The Hall–Kier alpha value is -3.74. The van der Waals surface area contributed by atoms with Gasteiger partial charge in [-0.2, -0.15) is 0 Å². The number of nitrogens with one attached hydrogen (secondary N) is 1. The van der Waals surface area contributed by atoms with Gasteiger partial charge >= 0.3 is 0 Å². The molecule has 4 rings (SSSR count). The summed E-state index contributed by atoms with van der Waals surface area (Å²) in [6.45, 7) is 0. The number of benzene rings is 2. The zero-order valence-electron chi connectivity index (χ0n) is 14.1. The molecule has 0 aliphatic rings. The van der Waals surface area contributed by atoms with Gasteiger partial charge < -0.3 is 14.6 Å². The lowest BCUT2D eigenvalue weighted by atomic mass is 10.1. The van der Waals surface area contributed by atoms with Crippen LogP contribution in [-0.2, 0) is 11.2 Å². The number of ether oxygens (including phenoxy) is 1. The van der Waals surface area contributed by atoms with Crippen LogP contribution in [-0.4, -0.2) is 16.0 Å². The van der Waals surface area contributed by atoms with Gasteiger partial charge in [0.25, 0.3) is 0 Å². The molecule has 0 bridgehead atoms. The van der Waals surface area contributed by atoms with Gasteiger partial charge in [0, 0.05) is 11.5 Å². The largest absolute Gasteiger partial charge is 0.439 e. The van der Waals surface area contributed by atoms with E-state index in [1.54, 1.807) is 18.2 Å². The fourth-order valence-electron chi connectivity index (χ4n) is 2.56. The second-order valence-electron chi connectivity index (χ2n) is 5.79. The van der Waals surface area contributed by atoms with Gasteiger partial charge in [-0.15, -0.1) is 0 Å². The number of aromatic nitrogens is 2. The summed E-state index contributed by atoms with van der Waals surface area (Å²) in [6.07, 6.45) is 1.57. The topological polar surface area (TPSA) is 77.2 Å². The summed E-state index contributed by atoms with van der Waals surface area (Å²) < 4.78 is 23.6. The number of nitrogens with zero attached hydrogens (tertiary/aromatic N) is 2. The van der Waals surface area contributed by atoms with Gasteiger partial charge in [0.2, 0.25) is 11.8 Å². The predicted molar refractivity (Wildman–Crippen MR) is 97.1 cm³/mol. The van der Waals surface area contributed by atoms with Gasteiger partial charge in [0.15, 0.2) is 5.58 Å². The quantitative estimate of drug-likeness (QED) is 0.571. The van der Waals surface area contributed by atoms with Crippen molar-refractivity contribution in [3.05, 3.63) is 78.4 Å². The maximum Gasteiger partial charge on any atom is 0.230 e. The molecule has 6 nitrogen and oxygen atoms in total. The fraction of sp³-hybridized carbons (Fsp3) is 0.0500. The van der Waals surface area contributed by atoms with E-state index in [0.717, 1.165) is 5.39 Å². The number of hydrogen-bond acceptors (Lipinski definition) is 5. The van der Waals surface area contributed by atoms with Crippen LogP contribution >= 0.6 is 0 Å². The third-order valence-electron chi connectivity index (χ3n) is 3.84. The number of carbonyl (C=O) groups excluding carboxylic acids is 1. The summed E-state index contributed by atoms with van der Waals surface area (Å²) in [5, 5.41) is 7.51. The number of anilines is 1. The molecule has 0 fully saturated rings. The van der Waals surface area contributed by atoms with E-state index in [1.807, 2.05) is 18.2 Å². The normalized spacial score (nSPS) is 10.7. The number of carbonyl (C=O) groups is 1. The maximum absolute atomic E-state index is 12.9. The van der Waals surface area contributed by atoms with E-state index in [-0.39, 0.29) is 18.1 Å². The van der Waals surface area contributed by atoms with E-state index < -0.39 is 0 Å². The zero-order chi connectivity index (χ0) is 18.6. The van der Waals surface area contributed by atoms with Crippen molar-refractivity contribution in [2.75, 3.05) is 5.32 Å². The van der Waals surface area contributed by atoms with Gasteiger partial charge in [-0.1, -0.05) is 17.3 Å². The van der Waals surface area contributed by atoms with Crippen molar-refractivity contribution in [2.24, 2.45) is 0 Å². The van der Waals surface area contributed by atoms with Gasteiger partial charge in [-0.3, -0.25) is 4.79 Å². The maximum atomic E-state index is 12.9. The number of hydrogen-bond donors (Lipinski definition) is 1. The minimum atomic E-state index is -0.340. The average Bonchev–Trinajstić information content (AvgIpc) is 3.08. The van der Waals surface area contributed by atoms with Gasteiger partial charge in [0.05, 0.1) is 18.3 Å². The van der Waals surface area contributed by atoms with Crippen LogP contribution in [0.3, 0.4) is 0 Å². The van der Waals surface area contributed by atoms with Crippen molar-refractivity contribution >= 4 is 22.6 Å². The predicted octanol–water partition coefficient (Wildman–Crippen LogP) is 4.34.